The van der Waals surface area contributed by atoms with Crippen molar-refractivity contribution < 1.29 is 14.3 Å². The molecule has 0 saturated carbocycles. The number of anilines is 1. The fraction of sp³-hybridized carbons (Fsp3) is 0.222. The number of nitrogens with zero attached hydrogens (tertiary/aromatic N) is 1. The molecule has 124 valence electrons. The number of methoxy groups -OCH3 is 2. The molecule has 0 radical (unpaired) electrons. The van der Waals surface area contributed by atoms with E-state index in [0.717, 1.165) is 11.3 Å². The Labute approximate surface area is 141 Å². The maximum absolute atomic E-state index is 11.9. The quantitative estimate of drug-likeness (QED) is 0.816. The van der Waals surface area contributed by atoms with E-state index in [0.29, 0.717) is 23.6 Å². The van der Waals surface area contributed by atoms with E-state index in [1.54, 1.807) is 44.6 Å². The second-order valence-corrected chi connectivity index (χ2v) is 5.01. The smallest absolute Gasteiger partial charge is 0.239 e. The normalized spacial score (nSPS) is 9.71. The third-order valence-electron chi connectivity index (χ3n) is 3.40. The van der Waals surface area contributed by atoms with Crippen LogP contribution in [0.2, 0.25) is 0 Å². The van der Waals surface area contributed by atoms with Gasteiger partial charge in [0.2, 0.25) is 5.91 Å². The van der Waals surface area contributed by atoms with Crippen LogP contribution >= 0.6 is 0 Å². The minimum atomic E-state index is -0.130. The molecule has 0 aliphatic heterocycles. The summed E-state index contributed by atoms with van der Waals surface area (Å²) in [6, 6.07) is 14.5. The molecular weight excluding hydrogens is 306 g/mol. The molecule has 1 amide bonds. The van der Waals surface area contributed by atoms with Crippen LogP contribution in [0.5, 0.6) is 11.5 Å². The number of ether oxygens (including phenoxy) is 2. The van der Waals surface area contributed by atoms with E-state index in [-0.39, 0.29) is 12.5 Å². The van der Waals surface area contributed by atoms with Crippen molar-refractivity contribution in [3.8, 4) is 17.6 Å². The lowest BCUT2D eigenvalue weighted by atomic mass is 10.2. The van der Waals surface area contributed by atoms with Crippen molar-refractivity contribution in [1.29, 1.82) is 5.26 Å². The Morgan fingerprint density at radius 3 is 2.42 bits per heavy atom. The van der Waals surface area contributed by atoms with Crippen LogP contribution in [0.3, 0.4) is 0 Å². The van der Waals surface area contributed by atoms with Gasteiger partial charge >= 0.3 is 0 Å². The Kier molecular flexibility index (Phi) is 6.03. The Bertz CT molecular complexity index is 736. The first kappa shape index (κ1) is 17.2. The summed E-state index contributed by atoms with van der Waals surface area (Å²) in [5.41, 5.74) is 2.29. The number of benzene rings is 2. The van der Waals surface area contributed by atoms with E-state index < -0.39 is 0 Å². The summed E-state index contributed by atoms with van der Waals surface area (Å²) < 4.78 is 10.4. The number of amides is 1. The van der Waals surface area contributed by atoms with E-state index in [4.69, 9.17) is 14.7 Å². The van der Waals surface area contributed by atoms with Crippen LogP contribution in [0.4, 0.5) is 5.69 Å². The predicted octanol–water partition coefficient (Wildman–Crippen LogP) is 2.30. The van der Waals surface area contributed by atoms with Crippen LogP contribution in [-0.4, -0.2) is 26.7 Å². The molecule has 6 heteroatoms. The Morgan fingerprint density at radius 1 is 1.08 bits per heavy atom. The average molecular weight is 325 g/mol. The van der Waals surface area contributed by atoms with Gasteiger partial charge in [0.15, 0.2) is 11.5 Å². The van der Waals surface area contributed by atoms with E-state index in [2.05, 4.69) is 10.6 Å². The molecular formula is C18H19N3O3. The van der Waals surface area contributed by atoms with E-state index in [1.807, 2.05) is 18.2 Å². The van der Waals surface area contributed by atoms with Gasteiger partial charge < -0.3 is 20.1 Å². The summed E-state index contributed by atoms with van der Waals surface area (Å²) in [7, 11) is 3.15. The lowest BCUT2D eigenvalue weighted by Crippen LogP contribution is -2.29. The first-order valence-corrected chi connectivity index (χ1v) is 7.38. The first-order chi connectivity index (χ1) is 11.7. The Balaban J connectivity index is 1.83. The molecule has 0 fully saturated rings. The standard InChI is InChI=1S/C18H19N3O3/c1-23-16-8-5-14(9-17(16)24-2)11-21-18(22)12-20-15-6-3-13(10-19)4-7-15/h3-9,20H,11-12H2,1-2H3,(H,21,22). The summed E-state index contributed by atoms with van der Waals surface area (Å²) in [5.74, 6) is 1.14. The summed E-state index contributed by atoms with van der Waals surface area (Å²) in [6.45, 7) is 0.549. The maximum atomic E-state index is 11.9. The van der Waals surface area contributed by atoms with Crippen LogP contribution in [0.1, 0.15) is 11.1 Å². The number of carbonyl (C=O) groups is 1. The lowest BCUT2D eigenvalue weighted by molar-refractivity contribution is -0.119. The van der Waals surface area contributed by atoms with Crippen molar-refractivity contribution in [3.05, 3.63) is 53.6 Å². The molecule has 2 aromatic rings. The van der Waals surface area contributed by atoms with Crippen molar-refractivity contribution in [2.45, 2.75) is 6.54 Å². The number of nitrogens with one attached hydrogen (secondary N) is 2. The average Bonchev–Trinajstić information content (AvgIpc) is 2.64. The largest absolute Gasteiger partial charge is 0.493 e. The monoisotopic (exact) mass is 325 g/mol. The fourth-order valence-corrected chi connectivity index (χ4v) is 2.10. The zero-order chi connectivity index (χ0) is 17.4. The highest BCUT2D eigenvalue weighted by Crippen LogP contribution is 2.27. The molecule has 0 aliphatic carbocycles. The van der Waals surface area contributed by atoms with Crippen LogP contribution < -0.4 is 20.1 Å². The van der Waals surface area contributed by atoms with Crippen LogP contribution in [0, 0.1) is 11.3 Å². The molecule has 0 unspecified atom stereocenters. The van der Waals surface area contributed by atoms with Gasteiger partial charge in [-0.2, -0.15) is 5.26 Å². The maximum Gasteiger partial charge on any atom is 0.239 e. The zero-order valence-electron chi connectivity index (χ0n) is 13.6. The SMILES string of the molecule is COc1ccc(CNC(=O)CNc2ccc(C#N)cc2)cc1OC. The van der Waals surface area contributed by atoms with E-state index >= 15 is 0 Å². The topological polar surface area (TPSA) is 83.4 Å². The van der Waals surface area contributed by atoms with Crippen molar-refractivity contribution in [2.24, 2.45) is 0 Å². The van der Waals surface area contributed by atoms with E-state index in [9.17, 15) is 4.79 Å². The van der Waals surface area contributed by atoms with Crippen molar-refractivity contribution in [1.82, 2.24) is 5.32 Å². The van der Waals surface area contributed by atoms with Gasteiger partial charge in [0.05, 0.1) is 32.4 Å². The van der Waals surface area contributed by atoms with Gasteiger partial charge in [0.25, 0.3) is 0 Å². The summed E-state index contributed by atoms with van der Waals surface area (Å²) in [4.78, 5) is 11.9. The summed E-state index contributed by atoms with van der Waals surface area (Å²) in [5, 5.41) is 14.6. The molecule has 0 heterocycles. The zero-order valence-corrected chi connectivity index (χ0v) is 13.6. The van der Waals surface area contributed by atoms with Gasteiger partial charge in [-0.3, -0.25) is 4.79 Å². The van der Waals surface area contributed by atoms with Gasteiger partial charge in [0.1, 0.15) is 0 Å². The number of nitriles is 1. The highest BCUT2D eigenvalue weighted by Gasteiger charge is 2.06. The number of carbonyl (C=O) groups excluding carboxylic acids is 1. The van der Waals surface area contributed by atoms with Gasteiger partial charge in [-0.15, -0.1) is 0 Å². The van der Waals surface area contributed by atoms with Crippen molar-refractivity contribution >= 4 is 11.6 Å². The molecule has 24 heavy (non-hydrogen) atoms. The van der Waals surface area contributed by atoms with Gasteiger partial charge in [-0.25, -0.2) is 0 Å². The molecule has 2 N–H and O–H groups in total. The fourth-order valence-electron chi connectivity index (χ4n) is 2.10. The molecule has 0 saturated heterocycles. The molecule has 0 spiro atoms. The molecule has 6 nitrogen and oxygen atoms in total. The van der Waals surface area contributed by atoms with Crippen molar-refractivity contribution in [3.63, 3.8) is 0 Å². The number of hydrogen-bond donors (Lipinski definition) is 2. The minimum Gasteiger partial charge on any atom is -0.493 e. The second kappa shape index (κ2) is 8.44. The molecule has 0 aromatic heterocycles. The third kappa shape index (κ3) is 4.65. The molecule has 0 bridgehead atoms. The van der Waals surface area contributed by atoms with Crippen molar-refractivity contribution in [2.75, 3.05) is 26.1 Å². The summed E-state index contributed by atoms with van der Waals surface area (Å²) >= 11 is 0. The summed E-state index contributed by atoms with van der Waals surface area (Å²) in [6.07, 6.45) is 0. The Morgan fingerprint density at radius 2 is 1.79 bits per heavy atom. The second-order valence-electron chi connectivity index (χ2n) is 5.01. The number of rotatable bonds is 7. The van der Waals surface area contributed by atoms with Gasteiger partial charge in [-0.05, 0) is 42.0 Å². The van der Waals surface area contributed by atoms with Crippen LogP contribution in [0.25, 0.3) is 0 Å². The predicted molar refractivity (Wildman–Crippen MR) is 91.0 cm³/mol. The third-order valence-corrected chi connectivity index (χ3v) is 3.40. The van der Waals surface area contributed by atoms with Crippen LogP contribution in [-0.2, 0) is 11.3 Å². The van der Waals surface area contributed by atoms with Gasteiger partial charge in [-0.1, -0.05) is 6.07 Å². The first-order valence-electron chi connectivity index (χ1n) is 7.38. The highest BCUT2D eigenvalue weighted by molar-refractivity contribution is 5.80. The minimum absolute atomic E-state index is 0.130. The molecule has 2 aromatic carbocycles. The van der Waals surface area contributed by atoms with Gasteiger partial charge in [0, 0.05) is 12.2 Å². The van der Waals surface area contributed by atoms with Crippen LogP contribution in [0.15, 0.2) is 42.5 Å². The molecule has 0 atom stereocenters. The van der Waals surface area contributed by atoms with E-state index in [1.165, 1.54) is 0 Å². The molecule has 2 rings (SSSR count). The highest BCUT2D eigenvalue weighted by atomic mass is 16.5. The molecule has 0 aliphatic rings. The Hall–Kier alpha value is -3.20. The lowest BCUT2D eigenvalue weighted by Gasteiger charge is -2.11. The number of hydrogen-bond acceptors (Lipinski definition) is 5.